The van der Waals surface area contributed by atoms with Crippen molar-refractivity contribution in [3.8, 4) is 0 Å². The van der Waals surface area contributed by atoms with Gasteiger partial charge in [0.2, 0.25) is 5.91 Å². The minimum absolute atomic E-state index is 0.0857. The number of H-pyrrole nitrogens is 1. The number of hydrogen-bond donors (Lipinski definition) is 3. The van der Waals surface area contributed by atoms with E-state index in [4.69, 9.17) is 0 Å². The lowest BCUT2D eigenvalue weighted by Crippen LogP contribution is -2.18. The van der Waals surface area contributed by atoms with E-state index < -0.39 is 0 Å². The highest BCUT2D eigenvalue weighted by molar-refractivity contribution is 5.93. The van der Waals surface area contributed by atoms with Crippen molar-refractivity contribution in [2.45, 2.75) is 12.8 Å². The highest BCUT2D eigenvalue weighted by atomic mass is 16.1. The van der Waals surface area contributed by atoms with Crippen LogP contribution in [-0.4, -0.2) is 29.0 Å². The fourth-order valence-corrected chi connectivity index (χ4v) is 2.38. The summed E-state index contributed by atoms with van der Waals surface area (Å²) in [6.07, 6.45) is 3.33. The molecule has 1 aliphatic heterocycles. The number of rotatable bonds is 3. The second kappa shape index (κ2) is 4.78. The third-order valence-corrected chi connectivity index (χ3v) is 3.34. The van der Waals surface area contributed by atoms with E-state index in [1.807, 2.05) is 18.2 Å². The third kappa shape index (κ3) is 2.36. The van der Waals surface area contributed by atoms with Crippen molar-refractivity contribution in [3.63, 3.8) is 0 Å². The monoisotopic (exact) mass is 244 g/mol. The van der Waals surface area contributed by atoms with E-state index >= 15 is 0 Å². The molecule has 1 atom stereocenters. The zero-order valence-electron chi connectivity index (χ0n) is 10.1. The zero-order chi connectivity index (χ0) is 12.4. The van der Waals surface area contributed by atoms with Crippen molar-refractivity contribution in [2.24, 2.45) is 5.92 Å². The Morgan fingerprint density at radius 1 is 1.50 bits per heavy atom. The zero-order valence-corrected chi connectivity index (χ0v) is 10.1. The van der Waals surface area contributed by atoms with Crippen LogP contribution in [0.4, 0.5) is 5.69 Å². The van der Waals surface area contributed by atoms with Crippen molar-refractivity contribution in [2.75, 3.05) is 18.4 Å². The van der Waals surface area contributed by atoms with Gasteiger partial charge >= 0.3 is 0 Å². The number of fused-ring (bicyclic) bond motifs is 1. The number of nitrogens with zero attached hydrogens (tertiary/aromatic N) is 1. The van der Waals surface area contributed by atoms with Crippen LogP contribution in [0.3, 0.4) is 0 Å². The number of anilines is 1. The molecule has 1 aromatic heterocycles. The topological polar surface area (TPSA) is 69.8 Å². The molecule has 5 heteroatoms. The van der Waals surface area contributed by atoms with Crippen molar-refractivity contribution in [1.82, 2.24) is 15.3 Å². The molecule has 1 aromatic carbocycles. The summed E-state index contributed by atoms with van der Waals surface area (Å²) in [5.74, 6) is 0.559. The van der Waals surface area contributed by atoms with Crippen LogP contribution < -0.4 is 10.6 Å². The summed E-state index contributed by atoms with van der Waals surface area (Å²) in [6.45, 7) is 1.98. The van der Waals surface area contributed by atoms with Crippen LogP contribution in [0.25, 0.3) is 11.0 Å². The Kier molecular flexibility index (Phi) is 2.98. The maximum Gasteiger partial charge on any atom is 0.224 e. The number of benzene rings is 1. The van der Waals surface area contributed by atoms with Gasteiger partial charge in [0, 0.05) is 12.1 Å². The Labute approximate surface area is 105 Å². The second-order valence-electron chi connectivity index (χ2n) is 4.75. The first kappa shape index (κ1) is 11.2. The summed E-state index contributed by atoms with van der Waals surface area (Å²) in [6, 6.07) is 5.69. The molecule has 1 fully saturated rings. The van der Waals surface area contributed by atoms with Gasteiger partial charge in [0.05, 0.1) is 17.4 Å². The molecule has 5 nitrogen and oxygen atoms in total. The molecule has 0 spiro atoms. The SMILES string of the molecule is O=C(CC1CCNC1)Nc1ccc2nc[nH]c2c1. The van der Waals surface area contributed by atoms with Crippen LogP contribution in [0, 0.1) is 5.92 Å². The van der Waals surface area contributed by atoms with Crippen molar-refractivity contribution in [3.05, 3.63) is 24.5 Å². The first-order valence-corrected chi connectivity index (χ1v) is 6.25. The Morgan fingerprint density at radius 2 is 2.44 bits per heavy atom. The minimum atomic E-state index is 0.0857. The van der Waals surface area contributed by atoms with E-state index in [0.717, 1.165) is 36.2 Å². The Bertz CT molecular complexity index is 557. The smallest absolute Gasteiger partial charge is 0.224 e. The van der Waals surface area contributed by atoms with Gasteiger partial charge in [-0.05, 0) is 43.6 Å². The highest BCUT2D eigenvalue weighted by Gasteiger charge is 2.18. The molecule has 1 saturated heterocycles. The average Bonchev–Trinajstić information content (AvgIpc) is 2.98. The number of aromatic amines is 1. The van der Waals surface area contributed by atoms with Gasteiger partial charge in [0.1, 0.15) is 0 Å². The van der Waals surface area contributed by atoms with Crippen molar-refractivity contribution in [1.29, 1.82) is 0 Å². The molecule has 94 valence electrons. The molecule has 0 saturated carbocycles. The van der Waals surface area contributed by atoms with Crippen LogP contribution in [0.5, 0.6) is 0 Å². The lowest BCUT2D eigenvalue weighted by Gasteiger charge is -2.09. The summed E-state index contributed by atoms with van der Waals surface area (Å²) in [5.41, 5.74) is 2.67. The molecule has 1 unspecified atom stereocenters. The number of amides is 1. The van der Waals surface area contributed by atoms with E-state index in [0.29, 0.717) is 12.3 Å². The largest absolute Gasteiger partial charge is 0.345 e. The Balaban J connectivity index is 1.65. The normalized spacial score (nSPS) is 19.2. The van der Waals surface area contributed by atoms with Gasteiger partial charge in [0.25, 0.3) is 0 Å². The Hall–Kier alpha value is -1.88. The molecule has 1 amide bonds. The van der Waals surface area contributed by atoms with E-state index in [-0.39, 0.29) is 5.91 Å². The number of carbonyl (C=O) groups excluding carboxylic acids is 1. The summed E-state index contributed by atoms with van der Waals surface area (Å²) in [7, 11) is 0. The van der Waals surface area contributed by atoms with Gasteiger partial charge in [-0.2, -0.15) is 0 Å². The van der Waals surface area contributed by atoms with Gasteiger partial charge in [0.15, 0.2) is 0 Å². The highest BCUT2D eigenvalue weighted by Crippen LogP contribution is 2.17. The number of hydrogen-bond acceptors (Lipinski definition) is 3. The van der Waals surface area contributed by atoms with Crippen LogP contribution in [0.15, 0.2) is 24.5 Å². The van der Waals surface area contributed by atoms with Gasteiger partial charge in [-0.1, -0.05) is 0 Å². The van der Waals surface area contributed by atoms with Crippen LogP contribution >= 0.6 is 0 Å². The number of nitrogens with one attached hydrogen (secondary N) is 3. The number of aromatic nitrogens is 2. The molecule has 2 aromatic rings. The standard InChI is InChI=1S/C13H16N4O/c18-13(5-9-3-4-14-7-9)17-10-1-2-11-12(6-10)16-8-15-11/h1-2,6,8-9,14H,3-5,7H2,(H,15,16)(H,17,18). The molecule has 0 aliphatic carbocycles. The second-order valence-corrected chi connectivity index (χ2v) is 4.75. The molecule has 3 rings (SSSR count). The van der Waals surface area contributed by atoms with Gasteiger partial charge < -0.3 is 15.6 Å². The maximum atomic E-state index is 11.9. The predicted molar refractivity (Wildman–Crippen MR) is 70.3 cm³/mol. The molecule has 0 radical (unpaired) electrons. The fourth-order valence-electron chi connectivity index (χ4n) is 2.38. The molecule has 0 bridgehead atoms. The van der Waals surface area contributed by atoms with Crippen LogP contribution in [0.1, 0.15) is 12.8 Å². The van der Waals surface area contributed by atoms with E-state index in [1.165, 1.54) is 0 Å². The number of imidazole rings is 1. The molecule has 18 heavy (non-hydrogen) atoms. The minimum Gasteiger partial charge on any atom is -0.345 e. The first-order chi connectivity index (χ1) is 8.81. The third-order valence-electron chi connectivity index (χ3n) is 3.34. The van der Waals surface area contributed by atoms with Gasteiger partial charge in [-0.25, -0.2) is 4.98 Å². The summed E-state index contributed by atoms with van der Waals surface area (Å²) >= 11 is 0. The fraction of sp³-hybridized carbons (Fsp3) is 0.385. The first-order valence-electron chi connectivity index (χ1n) is 6.25. The average molecular weight is 244 g/mol. The molecule has 3 N–H and O–H groups in total. The van der Waals surface area contributed by atoms with Crippen LogP contribution in [-0.2, 0) is 4.79 Å². The molecule has 2 heterocycles. The lowest BCUT2D eigenvalue weighted by atomic mass is 10.0. The maximum absolute atomic E-state index is 11.9. The van der Waals surface area contributed by atoms with Crippen molar-refractivity contribution < 1.29 is 4.79 Å². The summed E-state index contributed by atoms with van der Waals surface area (Å²) in [4.78, 5) is 19.1. The number of carbonyl (C=O) groups is 1. The quantitative estimate of drug-likeness (QED) is 0.766. The van der Waals surface area contributed by atoms with Crippen molar-refractivity contribution >= 4 is 22.6 Å². The summed E-state index contributed by atoms with van der Waals surface area (Å²) in [5, 5.41) is 6.21. The van der Waals surface area contributed by atoms with E-state index in [2.05, 4.69) is 20.6 Å². The predicted octanol–water partition coefficient (Wildman–Crippen LogP) is 1.50. The van der Waals surface area contributed by atoms with Crippen LogP contribution in [0.2, 0.25) is 0 Å². The van der Waals surface area contributed by atoms with E-state index in [9.17, 15) is 4.79 Å². The molecular weight excluding hydrogens is 228 g/mol. The van der Waals surface area contributed by atoms with Gasteiger partial charge in [-0.15, -0.1) is 0 Å². The lowest BCUT2D eigenvalue weighted by molar-refractivity contribution is -0.116. The van der Waals surface area contributed by atoms with Gasteiger partial charge in [-0.3, -0.25) is 4.79 Å². The summed E-state index contributed by atoms with van der Waals surface area (Å²) < 4.78 is 0. The Morgan fingerprint density at radius 3 is 3.28 bits per heavy atom. The molecule has 1 aliphatic rings. The van der Waals surface area contributed by atoms with E-state index in [1.54, 1.807) is 6.33 Å². The molecular formula is C13H16N4O.